The Morgan fingerprint density at radius 2 is 1.53 bits per heavy atom. The van der Waals surface area contributed by atoms with Crippen molar-refractivity contribution in [2.75, 3.05) is 39.3 Å². The average Bonchev–Trinajstić information content (AvgIpc) is 2.48. The molecule has 4 heteroatoms. The predicted molar refractivity (Wildman–Crippen MR) is 77.3 cm³/mol. The second-order valence-electron chi connectivity index (χ2n) is 7.10. The molecule has 1 N–H and O–H groups in total. The predicted octanol–water partition coefficient (Wildman–Crippen LogP) is 1.19. The van der Waals surface area contributed by atoms with Gasteiger partial charge in [0.25, 0.3) is 0 Å². The number of likely N-dealkylation sites (N-methyl/N-ethyl adjacent to an activating group) is 1. The second kappa shape index (κ2) is 5.32. The molecule has 0 aromatic carbocycles. The molecule has 0 amide bonds. The highest BCUT2D eigenvalue weighted by atomic mass is 16.5. The van der Waals surface area contributed by atoms with E-state index in [1.54, 1.807) is 0 Å². The van der Waals surface area contributed by atoms with Gasteiger partial charge in [0, 0.05) is 38.6 Å². The molecule has 2 rings (SSSR count). The van der Waals surface area contributed by atoms with Gasteiger partial charge < -0.3 is 19.6 Å². The minimum Gasteiger partial charge on any atom is -0.390 e. The van der Waals surface area contributed by atoms with Crippen molar-refractivity contribution in [3.05, 3.63) is 0 Å². The fraction of sp³-hybridized carbons (Fsp3) is 1.00. The summed E-state index contributed by atoms with van der Waals surface area (Å²) in [4.78, 5) is 4.96. The van der Waals surface area contributed by atoms with E-state index in [4.69, 9.17) is 4.74 Å². The van der Waals surface area contributed by atoms with Crippen LogP contribution in [0.2, 0.25) is 0 Å². The number of rotatable bonds is 3. The van der Waals surface area contributed by atoms with Crippen molar-refractivity contribution in [2.45, 2.75) is 51.9 Å². The van der Waals surface area contributed by atoms with E-state index in [9.17, 15) is 5.11 Å². The third-order valence-corrected chi connectivity index (χ3v) is 4.88. The third-order valence-electron chi connectivity index (χ3n) is 4.88. The van der Waals surface area contributed by atoms with Gasteiger partial charge in [-0.2, -0.15) is 0 Å². The molecule has 2 atom stereocenters. The zero-order valence-corrected chi connectivity index (χ0v) is 13.1. The van der Waals surface area contributed by atoms with E-state index in [0.717, 1.165) is 39.3 Å². The van der Waals surface area contributed by atoms with Crippen molar-refractivity contribution in [1.29, 1.82) is 0 Å². The number of nitrogens with zero attached hydrogens (tertiary/aromatic N) is 2. The summed E-state index contributed by atoms with van der Waals surface area (Å²) in [6.07, 6.45) is -0.383. The molecule has 0 radical (unpaired) electrons. The standard InChI is InChI=1S/C15H30N2O2/c1-6-16-7-9-17(10-8-16)11-12-13(18)15(4,5)19-14(12,2)3/h12-13,18H,6-11H2,1-5H3. The lowest BCUT2D eigenvalue weighted by Crippen LogP contribution is -2.51. The molecule has 2 heterocycles. The number of piperazine rings is 1. The first kappa shape index (κ1) is 15.2. The van der Waals surface area contributed by atoms with Gasteiger partial charge >= 0.3 is 0 Å². The van der Waals surface area contributed by atoms with Crippen LogP contribution in [0, 0.1) is 5.92 Å². The molecule has 0 bridgehead atoms. The quantitative estimate of drug-likeness (QED) is 0.836. The lowest BCUT2D eigenvalue weighted by molar-refractivity contribution is -0.0915. The van der Waals surface area contributed by atoms with Gasteiger partial charge in [-0.1, -0.05) is 6.92 Å². The van der Waals surface area contributed by atoms with Crippen LogP contribution in [0.15, 0.2) is 0 Å². The fourth-order valence-electron chi connectivity index (χ4n) is 3.56. The molecule has 2 aliphatic heterocycles. The number of aliphatic hydroxyl groups is 1. The summed E-state index contributed by atoms with van der Waals surface area (Å²) in [6, 6.07) is 0. The maximum absolute atomic E-state index is 10.5. The van der Waals surface area contributed by atoms with Crippen LogP contribution in [0.25, 0.3) is 0 Å². The summed E-state index contributed by atoms with van der Waals surface area (Å²) >= 11 is 0. The van der Waals surface area contributed by atoms with Crippen molar-refractivity contribution in [2.24, 2.45) is 5.92 Å². The van der Waals surface area contributed by atoms with Gasteiger partial charge in [0.1, 0.15) is 0 Å². The zero-order chi connectivity index (χ0) is 14.3. The summed E-state index contributed by atoms with van der Waals surface area (Å²) in [6.45, 7) is 17.0. The number of hydrogen-bond donors (Lipinski definition) is 1. The Labute approximate surface area is 117 Å². The van der Waals surface area contributed by atoms with Crippen molar-refractivity contribution < 1.29 is 9.84 Å². The van der Waals surface area contributed by atoms with Gasteiger partial charge in [0.15, 0.2) is 0 Å². The van der Waals surface area contributed by atoms with Crippen LogP contribution in [-0.4, -0.2) is 71.5 Å². The van der Waals surface area contributed by atoms with Gasteiger partial charge in [0.05, 0.1) is 17.3 Å². The fourth-order valence-corrected chi connectivity index (χ4v) is 3.56. The molecule has 0 aliphatic carbocycles. The Morgan fingerprint density at radius 1 is 1.00 bits per heavy atom. The lowest BCUT2D eigenvalue weighted by atomic mass is 9.84. The van der Waals surface area contributed by atoms with E-state index in [1.807, 2.05) is 13.8 Å². The van der Waals surface area contributed by atoms with Crippen molar-refractivity contribution in [3.8, 4) is 0 Å². The van der Waals surface area contributed by atoms with Crippen LogP contribution in [0.1, 0.15) is 34.6 Å². The SMILES string of the molecule is CCN1CCN(CC2C(O)C(C)(C)OC2(C)C)CC1. The highest BCUT2D eigenvalue weighted by Crippen LogP contribution is 2.42. The molecule has 2 fully saturated rings. The number of hydrogen-bond acceptors (Lipinski definition) is 4. The molecule has 0 aromatic rings. The van der Waals surface area contributed by atoms with Crippen molar-refractivity contribution >= 4 is 0 Å². The van der Waals surface area contributed by atoms with Gasteiger partial charge in [-0.3, -0.25) is 0 Å². The smallest absolute Gasteiger partial charge is 0.0896 e. The summed E-state index contributed by atoms with van der Waals surface area (Å²) < 4.78 is 6.06. The zero-order valence-electron chi connectivity index (χ0n) is 13.1. The Bertz CT molecular complexity index is 309. The molecule has 2 aliphatic rings. The monoisotopic (exact) mass is 270 g/mol. The van der Waals surface area contributed by atoms with Crippen LogP contribution in [0.4, 0.5) is 0 Å². The molecule has 112 valence electrons. The molecule has 2 unspecified atom stereocenters. The van der Waals surface area contributed by atoms with Crippen LogP contribution in [-0.2, 0) is 4.74 Å². The minimum atomic E-state index is -0.431. The number of ether oxygens (including phenoxy) is 1. The highest BCUT2D eigenvalue weighted by Gasteiger charge is 2.53. The first-order valence-corrected chi connectivity index (χ1v) is 7.59. The Hall–Kier alpha value is -0.160. The normalized spacial score (nSPS) is 35.7. The Morgan fingerprint density at radius 3 is 1.95 bits per heavy atom. The molecular weight excluding hydrogens is 240 g/mol. The van der Waals surface area contributed by atoms with E-state index < -0.39 is 5.60 Å². The molecule has 2 saturated heterocycles. The Balaban J connectivity index is 1.95. The Kier molecular flexibility index (Phi) is 4.26. The minimum absolute atomic E-state index is 0.190. The van der Waals surface area contributed by atoms with E-state index in [0.29, 0.717) is 0 Å². The van der Waals surface area contributed by atoms with Crippen LogP contribution >= 0.6 is 0 Å². The highest BCUT2D eigenvalue weighted by molar-refractivity contribution is 5.02. The van der Waals surface area contributed by atoms with Gasteiger partial charge in [-0.05, 0) is 34.2 Å². The third kappa shape index (κ3) is 3.13. The molecule has 4 nitrogen and oxygen atoms in total. The molecular formula is C15H30N2O2. The van der Waals surface area contributed by atoms with Gasteiger partial charge in [-0.15, -0.1) is 0 Å². The molecule has 0 saturated carbocycles. The molecule has 0 aromatic heterocycles. The average molecular weight is 270 g/mol. The first-order valence-electron chi connectivity index (χ1n) is 7.59. The maximum atomic E-state index is 10.5. The van der Waals surface area contributed by atoms with Crippen LogP contribution in [0.3, 0.4) is 0 Å². The van der Waals surface area contributed by atoms with Gasteiger partial charge in [-0.25, -0.2) is 0 Å². The van der Waals surface area contributed by atoms with E-state index in [1.165, 1.54) is 0 Å². The largest absolute Gasteiger partial charge is 0.390 e. The van der Waals surface area contributed by atoms with Crippen LogP contribution in [0.5, 0.6) is 0 Å². The summed E-state index contributed by atoms with van der Waals surface area (Å²) in [7, 11) is 0. The topological polar surface area (TPSA) is 35.9 Å². The maximum Gasteiger partial charge on any atom is 0.0896 e. The summed E-state index contributed by atoms with van der Waals surface area (Å²) in [5.74, 6) is 0.190. The second-order valence-corrected chi connectivity index (χ2v) is 7.10. The summed E-state index contributed by atoms with van der Waals surface area (Å²) in [5, 5.41) is 10.5. The van der Waals surface area contributed by atoms with Crippen molar-refractivity contribution in [1.82, 2.24) is 9.80 Å². The first-order chi connectivity index (χ1) is 8.76. The van der Waals surface area contributed by atoms with E-state index in [-0.39, 0.29) is 17.6 Å². The van der Waals surface area contributed by atoms with Crippen LogP contribution < -0.4 is 0 Å². The molecule has 19 heavy (non-hydrogen) atoms. The summed E-state index contributed by atoms with van der Waals surface area (Å²) in [5.41, 5.74) is -0.676. The van der Waals surface area contributed by atoms with E-state index >= 15 is 0 Å². The van der Waals surface area contributed by atoms with Gasteiger partial charge in [0.2, 0.25) is 0 Å². The van der Waals surface area contributed by atoms with E-state index in [2.05, 4.69) is 30.6 Å². The molecule has 0 spiro atoms. The van der Waals surface area contributed by atoms with Crippen molar-refractivity contribution in [3.63, 3.8) is 0 Å². The number of aliphatic hydroxyl groups excluding tert-OH is 1. The lowest BCUT2D eigenvalue weighted by Gasteiger charge is -2.38.